The Labute approximate surface area is 151 Å². The van der Waals surface area contributed by atoms with Crippen molar-refractivity contribution in [1.82, 2.24) is 15.1 Å². The van der Waals surface area contributed by atoms with Crippen molar-refractivity contribution in [3.63, 3.8) is 0 Å². The van der Waals surface area contributed by atoms with Crippen LogP contribution < -0.4 is 4.90 Å². The highest BCUT2D eigenvalue weighted by molar-refractivity contribution is 6.00. The highest BCUT2D eigenvalue weighted by Gasteiger charge is 2.36. The topological polar surface area (TPSA) is 98.8 Å². The number of nitrogens with one attached hydrogen (secondary N) is 1. The predicted octanol–water partition coefficient (Wildman–Crippen LogP) is 1.27. The average Bonchev–Trinajstić information content (AvgIpc) is 3.22. The van der Waals surface area contributed by atoms with Gasteiger partial charge in [-0.05, 0) is 30.3 Å². The fourth-order valence-electron chi connectivity index (χ4n) is 3.11. The van der Waals surface area contributed by atoms with Crippen molar-refractivity contribution < 1.29 is 19.4 Å². The van der Waals surface area contributed by atoms with Crippen molar-refractivity contribution in [3.05, 3.63) is 41.7 Å². The van der Waals surface area contributed by atoms with Gasteiger partial charge in [0.2, 0.25) is 11.8 Å². The number of hydrogen-bond donors (Lipinski definition) is 2. The third-order valence-corrected chi connectivity index (χ3v) is 4.40. The Morgan fingerprint density at radius 3 is 2.85 bits per heavy atom. The van der Waals surface area contributed by atoms with Crippen LogP contribution in [0.3, 0.4) is 0 Å². The summed E-state index contributed by atoms with van der Waals surface area (Å²) in [6.45, 7) is 1.14. The number of aromatic hydroxyl groups is 1. The molecule has 1 fully saturated rings. The molecule has 0 unspecified atom stereocenters. The number of amides is 2. The van der Waals surface area contributed by atoms with Crippen LogP contribution in [-0.2, 0) is 27.5 Å². The molecule has 0 spiro atoms. The van der Waals surface area contributed by atoms with E-state index in [-0.39, 0.29) is 29.9 Å². The highest BCUT2D eigenvalue weighted by atomic mass is 16.5. The Balaban J connectivity index is 1.62. The molecule has 8 nitrogen and oxygen atoms in total. The molecule has 0 saturated carbocycles. The first-order valence-corrected chi connectivity index (χ1v) is 8.34. The molecule has 1 atom stereocenters. The lowest BCUT2D eigenvalue weighted by molar-refractivity contribution is -0.135. The van der Waals surface area contributed by atoms with E-state index in [1.54, 1.807) is 36.1 Å². The van der Waals surface area contributed by atoms with Crippen LogP contribution in [0, 0.1) is 5.92 Å². The van der Waals surface area contributed by atoms with E-state index in [1.165, 1.54) is 12.1 Å². The van der Waals surface area contributed by atoms with Gasteiger partial charge in [-0.2, -0.15) is 5.10 Å². The zero-order chi connectivity index (χ0) is 18.7. The fourth-order valence-corrected chi connectivity index (χ4v) is 3.11. The van der Waals surface area contributed by atoms with Crippen LogP contribution in [0.1, 0.15) is 17.8 Å². The standard InChI is InChI=1S/C18H22N4O4/c1-21(10-13-8-14(11-26-2)20-19-13)18(25)12-7-17(24)22(9-12)15-3-5-16(23)6-4-15/h3-6,8,12,23H,7,9-11H2,1-2H3,(H,19,20)/t12-/m1/s1. The van der Waals surface area contributed by atoms with E-state index in [1.807, 2.05) is 6.07 Å². The van der Waals surface area contributed by atoms with Crippen molar-refractivity contribution in [1.29, 1.82) is 0 Å². The first-order chi connectivity index (χ1) is 12.5. The molecule has 0 bridgehead atoms. The minimum absolute atomic E-state index is 0.0810. The summed E-state index contributed by atoms with van der Waals surface area (Å²) in [5, 5.41) is 16.4. The molecule has 1 aromatic heterocycles. The van der Waals surface area contributed by atoms with E-state index in [2.05, 4.69) is 10.2 Å². The molecule has 0 aliphatic carbocycles. The number of hydrogen-bond acceptors (Lipinski definition) is 5. The molecule has 1 aliphatic heterocycles. The molecule has 26 heavy (non-hydrogen) atoms. The lowest BCUT2D eigenvalue weighted by Gasteiger charge is -2.21. The van der Waals surface area contributed by atoms with Gasteiger partial charge in [0.1, 0.15) is 5.75 Å². The van der Waals surface area contributed by atoms with Gasteiger partial charge in [0.05, 0.1) is 30.5 Å². The Kier molecular flexibility index (Phi) is 5.22. The molecule has 3 rings (SSSR count). The zero-order valence-electron chi connectivity index (χ0n) is 14.8. The van der Waals surface area contributed by atoms with Crippen LogP contribution in [0.25, 0.3) is 0 Å². The number of carbonyl (C=O) groups is 2. The van der Waals surface area contributed by atoms with Crippen molar-refractivity contribution >= 4 is 17.5 Å². The maximum atomic E-state index is 12.7. The van der Waals surface area contributed by atoms with E-state index >= 15 is 0 Å². The molecular weight excluding hydrogens is 336 g/mol. The largest absolute Gasteiger partial charge is 0.508 e. The molecule has 8 heteroatoms. The summed E-state index contributed by atoms with van der Waals surface area (Å²) in [6.07, 6.45) is 0.182. The number of anilines is 1. The number of aromatic amines is 1. The SMILES string of the molecule is COCc1cc(CN(C)C(=O)[C@@H]2CC(=O)N(c3ccc(O)cc3)C2)[nH]n1. The zero-order valence-corrected chi connectivity index (χ0v) is 14.8. The minimum atomic E-state index is -0.386. The summed E-state index contributed by atoms with van der Waals surface area (Å²) in [7, 11) is 3.31. The number of carbonyl (C=O) groups excluding carboxylic acids is 2. The highest BCUT2D eigenvalue weighted by Crippen LogP contribution is 2.27. The van der Waals surface area contributed by atoms with Gasteiger partial charge in [-0.25, -0.2) is 0 Å². The number of rotatable bonds is 6. The van der Waals surface area contributed by atoms with Gasteiger partial charge in [-0.1, -0.05) is 0 Å². The number of benzene rings is 1. The van der Waals surface area contributed by atoms with Crippen LogP contribution in [-0.4, -0.2) is 52.7 Å². The number of nitrogens with zero attached hydrogens (tertiary/aromatic N) is 3. The molecular formula is C18H22N4O4. The number of phenolic OH excluding ortho intramolecular Hbond substituents is 1. The van der Waals surface area contributed by atoms with E-state index in [0.717, 1.165) is 11.4 Å². The summed E-state index contributed by atoms with van der Waals surface area (Å²) in [6, 6.07) is 8.26. The maximum Gasteiger partial charge on any atom is 0.228 e. The second kappa shape index (κ2) is 7.57. The smallest absolute Gasteiger partial charge is 0.228 e. The predicted molar refractivity (Wildman–Crippen MR) is 94.3 cm³/mol. The van der Waals surface area contributed by atoms with Crippen LogP contribution in [0.2, 0.25) is 0 Å². The molecule has 0 radical (unpaired) electrons. The molecule has 1 aromatic carbocycles. The van der Waals surface area contributed by atoms with E-state index in [4.69, 9.17) is 4.74 Å². The quantitative estimate of drug-likeness (QED) is 0.810. The average molecular weight is 358 g/mol. The summed E-state index contributed by atoms with van der Waals surface area (Å²) in [5.41, 5.74) is 2.27. The molecule has 2 amide bonds. The number of ether oxygens (including phenoxy) is 1. The van der Waals surface area contributed by atoms with Gasteiger partial charge >= 0.3 is 0 Å². The summed E-state index contributed by atoms with van der Waals surface area (Å²) < 4.78 is 5.03. The minimum Gasteiger partial charge on any atom is -0.508 e. The molecule has 138 valence electrons. The number of aromatic nitrogens is 2. The van der Waals surface area contributed by atoms with Gasteiger partial charge in [0, 0.05) is 32.8 Å². The van der Waals surface area contributed by atoms with Crippen LogP contribution in [0.5, 0.6) is 5.75 Å². The van der Waals surface area contributed by atoms with Crippen molar-refractivity contribution in [2.45, 2.75) is 19.6 Å². The molecule has 1 aliphatic rings. The van der Waals surface area contributed by atoms with Crippen LogP contribution in [0.15, 0.2) is 30.3 Å². The Bertz CT molecular complexity index is 787. The third-order valence-electron chi connectivity index (χ3n) is 4.40. The van der Waals surface area contributed by atoms with Gasteiger partial charge in [-0.15, -0.1) is 0 Å². The first kappa shape index (κ1) is 17.9. The Hall–Kier alpha value is -2.87. The van der Waals surface area contributed by atoms with Gasteiger partial charge in [0.15, 0.2) is 0 Å². The summed E-state index contributed by atoms with van der Waals surface area (Å²) in [5.74, 6) is -0.420. The van der Waals surface area contributed by atoms with E-state index in [0.29, 0.717) is 25.4 Å². The van der Waals surface area contributed by atoms with Gasteiger partial charge in [0.25, 0.3) is 0 Å². The van der Waals surface area contributed by atoms with Crippen molar-refractivity contribution in [2.24, 2.45) is 5.92 Å². The Morgan fingerprint density at radius 2 is 2.15 bits per heavy atom. The number of phenols is 1. The van der Waals surface area contributed by atoms with Gasteiger partial charge in [-0.3, -0.25) is 14.7 Å². The molecule has 2 aromatic rings. The second-order valence-electron chi connectivity index (χ2n) is 6.43. The van der Waals surface area contributed by atoms with Crippen LogP contribution >= 0.6 is 0 Å². The van der Waals surface area contributed by atoms with Crippen molar-refractivity contribution in [3.8, 4) is 5.75 Å². The lowest BCUT2D eigenvalue weighted by Crippen LogP contribution is -2.34. The van der Waals surface area contributed by atoms with Gasteiger partial charge < -0.3 is 19.6 Å². The molecule has 1 saturated heterocycles. The second-order valence-corrected chi connectivity index (χ2v) is 6.43. The van der Waals surface area contributed by atoms with E-state index in [9.17, 15) is 14.7 Å². The third kappa shape index (κ3) is 3.85. The van der Waals surface area contributed by atoms with E-state index < -0.39 is 0 Å². The maximum absolute atomic E-state index is 12.7. The number of H-pyrrole nitrogens is 1. The normalized spacial score (nSPS) is 16.9. The monoisotopic (exact) mass is 358 g/mol. The summed E-state index contributed by atoms with van der Waals surface area (Å²) in [4.78, 5) is 28.2. The fraction of sp³-hybridized carbons (Fsp3) is 0.389. The number of methoxy groups -OCH3 is 1. The lowest BCUT2D eigenvalue weighted by atomic mass is 10.1. The summed E-state index contributed by atoms with van der Waals surface area (Å²) >= 11 is 0. The molecule has 2 N–H and O–H groups in total. The van der Waals surface area contributed by atoms with Crippen LogP contribution in [0.4, 0.5) is 5.69 Å². The Morgan fingerprint density at radius 1 is 1.42 bits per heavy atom. The molecule has 2 heterocycles. The van der Waals surface area contributed by atoms with Crippen molar-refractivity contribution in [2.75, 3.05) is 25.6 Å². The first-order valence-electron chi connectivity index (χ1n) is 8.34.